The SMILES string of the molecule is CC(C)(C)NCCc1nc(-c2cc(F)cc(Br)c2)no1. The van der Waals surface area contributed by atoms with Gasteiger partial charge in [0.2, 0.25) is 11.7 Å². The quantitative estimate of drug-likeness (QED) is 0.923. The van der Waals surface area contributed by atoms with Crippen molar-refractivity contribution in [3.63, 3.8) is 0 Å². The van der Waals surface area contributed by atoms with Crippen molar-refractivity contribution in [1.29, 1.82) is 0 Å². The molecule has 108 valence electrons. The second-order valence-corrected chi connectivity index (χ2v) is 6.51. The molecule has 2 rings (SSSR count). The molecule has 0 fully saturated rings. The summed E-state index contributed by atoms with van der Waals surface area (Å²) in [5.41, 5.74) is 0.645. The van der Waals surface area contributed by atoms with Crippen LogP contribution in [0.1, 0.15) is 26.7 Å². The predicted octanol–water partition coefficient (Wildman–Crippen LogP) is 3.57. The third-order valence-corrected chi connectivity index (χ3v) is 3.04. The number of rotatable bonds is 4. The van der Waals surface area contributed by atoms with Gasteiger partial charge in [-0.3, -0.25) is 0 Å². The number of benzene rings is 1. The van der Waals surface area contributed by atoms with Gasteiger partial charge in [0, 0.05) is 28.5 Å². The van der Waals surface area contributed by atoms with E-state index in [-0.39, 0.29) is 11.4 Å². The van der Waals surface area contributed by atoms with Gasteiger partial charge >= 0.3 is 0 Å². The molecule has 1 heterocycles. The van der Waals surface area contributed by atoms with E-state index in [1.54, 1.807) is 6.07 Å². The fraction of sp³-hybridized carbons (Fsp3) is 0.429. The van der Waals surface area contributed by atoms with Gasteiger partial charge in [-0.2, -0.15) is 4.98 Å². The van der Waals surface area contributed by atoms with E-state index in [2.05, 4.69) is 52.2 Å². The molecule has 0 amide bonds. The first-order chi connectivity index (χ1) is 9.33. The zero-order valence-corrected chi connectivity index (χ0v) is 13.3. The van der Waals surface area contributed by atoms with Crippen LogP contribution in [0.25, 0.3) is 11.4 Å². The Morgan fingerprint density at radius 3 is 2.70 bits per heavy atom. The highest BCUT2D eigenvalue weighted by Gasteiger charge is 2.12. The summed E-state index contributed by atoms with van der Waals surface area (Å²) in [6.45, 7) is 7.03. The zero-order valence-electron chi connectivity index (χ0n) is 11.7. The van der Waals surface area contributed by atoms with Gasteiger partial charge in [-0.05, 0) is 39.0 Å². The molecular weight excluding hydrogens is 325 g/mol. The summed E-state index contributed by atoms with van der Waals surface area (Å²) in [7, 11) is 0. The van der Waals surface area contributed by atoms with Gasteiger partial charge in [0.05, 0.1) is 0 Å². The van der Waals surface area contributed by atoms with E-state index in [0.717, 1.165) is 6.54 Å². The molecule has 0 aliphatic rings. The Kier molecular flexibility index (Phi) is 4.55. The fourth-order valence-corrected chi connectivity index (χ4v) is 2.17. The Hall–Kier alpha value is -1.27. The van der Waals surface area contributed by atoms with Crippen LogP contribution in [0.4, 0.5) is 4.39 Å². The first-order valence-corrected chi connectivity index (χ1v) is 7.17. The summed E-state index contributed by atoms with van der Waals surface area (Å²) in [6.07, 6.45) is 0.640. The average Bonchev–Trinajstić information content (AvgIpc) is 2.74. The number of nitrogens with one attached hydrogen (secondary N) is 1. The van der Waals surface area contributed by atoms with Crippen LogP contribution in [0.3, 0.4) is 0 Å². The second-order valence-electron chi connectivity index (χ2n) is 5.60. The average molecular weight is 342 g/mol. The molecular formula is C14H17BrFN3O. The number of halogens is 2. The van der Waals surface area contributed by atoms with Gasteiger partial charge in [-0.25, -0.2) is 4.39 Å². The first kappa shape index (κ1) is 15.1. The molecule has 1 aromatic heterocycles. The monoisotopic (exact) mass is 341 g/mol. The lowest BCUT2D eigenvalue weighted by molar-refractivity contribution is 0.362. The van der Waals surface area contributed by atoms with Crippen molar-refractivity contribution in [1.82, 2.24) is 15.5 Å². The van der Waals surface area contributed by atoms with Crippen LogP contribution >= 0.6 is 15.9 Å². The molecule has 2 aromatic rings. The van der Waals surface area contributed by atoms with Crippen LogP contribution < -0.4 is 5.32 Å². The molecule has 20 heavy (non-hydrogen) atoms. The number of hydrogen-bond donors (Lipinski definition) is 1. The molecule has 0 atom stereocenters. The maximum absolute atomic E-state index is 13.3. The molecule has 0 bridgehead atoms. The summed E-state index contributed by atoms with van der Waals surface area (Å²) in [5, 5.41) is 7.22. The van der Waals surface area contributed by atoms with Crippen molar-refractivity contribution in [2.24, 2.45) is 0 Å². The van der Waals surface area contributed by atoms with E-state index < -0.39 is 0 Å². The number of hydrogen-bond acceptors (Lipinski definition) is 4. The Morgan fingerprint density at radius 1 is 1.30 bits per heavy atom. The van der Waals surface area contributed by atoms with Gasteiger partial charge in [-0.15, -0.1) is 0 Å². The van der Waals surface area contributed by atoms with Crippen molar-refractivity contribution in [3.8, 4) is 11.4 Å². The minimum Gasteiger partial charge on any atom is -0.339 e. The largest absolute Gasteiger partial charge is 0.339 e. The van der Waals surface area contributed by atoms with Crippen LogP contribution in [-0.2, 0) is 6.42 Å². The third kappa shape index (κ3) is 4.38. The van der Waals surface area contributed by atoms with Gasteiger partial charge in [-0.1, -0.05) is 21.1 Å². The molecule has 0 spiro atoms. The Morgan fingerprint density at radius 2 is 2.05 bits per heavy atom. The van der Waals surface area contributed by atoms with E-state index in [0.29, 0.717) is 28.2 Å². The lowest BCUT2D eigenvalue weighted by atomic mass is 10.1. The predicted molar refractivity (Wildman–Crippen MR) is 78.9 cm³/mol. The highest BCUT2D eigenvalue weighted by Crippen LogP contribution is 2.22. The smallest absolute Gasteiger partial charge is 0.228 e. The topological polar surface area (TPSA) is 51.0 Å². The summed E-state index contributed by atoms with van der Waals surface area (Å²) in [5.74, 6) is 0.600. The summed E-state index contributed by atoms with van der Waals surface area (Å²) in [6, 6.07) is 4.52. The molecule has 0 saturated heterocycles. The highest BCUT2D eigenvalue weighted by atomic mass is 79.9. The van der Waals surface area contributed by atoms with Crippen molar-refractivity contribution in [2.75, 3.05) is 6.54 Å². The molecule has 0 radical (unpaired) electrons. The molecule has 0 unspecified atom stereocenters. The normalized spacial score (nSPS) is 11.8. The van der Waals surface area contributed by atoms with E-state index in [1.165, 1.54) is 12.1 Å². The molecule has 6 heteroatoms. The summed E-state index contributed by atoms with van der Waals surface area (Å²) in [4.78, 5) is 4.28. The summed E-state index contributed by atoms with van der Waals surface area (Å²) >= 11 is 3.24. The van der Waals surface area contributed by atoms with Crippen LogP contribution in [0, 0.1) is 5.82 Å². The van der Waals surface area contributed by atoms with Crippen LogP contribution in [0.15, 0.2) is 27.2 Å². The standard InChI is InChI=1S/C14H17BrFN3O/c1-14(2,3)17-5-4-12-18-13(19-20-12)9-6-10(15)8-11(16)7-9/h6-8,17H,4-5H2,1-3H3. The molecule has 1 N–H and O–H groups in total. The van der Waals surface area contributed by atoms with Crippen molar-refractivity contribution in [3.05, 3.63) is 34.4 Å². The number of aromatic nitrogens is 2. The lowest BCUT2D eigenvalue weighted by Crippen LogP contribution is -2.37. The maximum atomic E-state index is 13.3. The van der Waals surface area contributed by atoms with Gasteiger partial charge in [0.25, 0.3) is 0 Å². The summed E-state index contributed by atoms with van der Waals surface area (Å²) < 4.78 is 19.1. The van der Waals surface area contributed by atoms with Gasteiger partial charge in [0.15, 0.2) is 0 Å². The van der Waals surface area contributed by atoms with E-state index in [9.17, 15) is 4.39 Å². The van der Waals surface area contributed by atoms with Gasteiger partial charge < -0.3 is 9.84 Å². The van der Waals surface area contributed by atoms with E-state index in [4.69, 9.17) is 4.52 Å². The molecule has 0 aliphatic heterocycles. The molecule has 1 aromatic carbocycles. The third-order valence-electron chi connectivity index (χ3n) is 2.58. The van der Waals surface area contributed by atoms with Gasteiger partial charge in [0.1, 0.15) is 5.82 Å². The first-order valence-electron chi connectivity index (χ1n) is 6.37. The fourth-order valence-electron chi connectivity index (χ4n) is 1.70. The Balaban J connectivity index is 2.05. The highest BCUT2D eigenvalue weighted by molar-refractivity contribution is 9.10. The Labute approximate surface area is 125 Å². The van der Waals surface area contributed by atoms with Crippen LogP contribution in [0.5, 0.6) is 0 Å². The second kappa shape index (κ2) is 6.01. The van der Waals surface area contributed by atoms with Crippen LogP contribution in [0.2, 0.25) is 0 Å². The minimum absolute atomic E-state index is 0.0519. The van der Waals surface area contributed by atoms with Crippen molar-refractivity contribution in [2.45, 2.75) is 32.7 Å². The van der Waals surface area contributed by atoms with E-state index in [1.807, 2.05) is 0 Å². The van der Waals surface area contributed by atoms with Crippen LogP contribution in [-0.4, -0.2) is 22.2 Å². The zero-order chi connectivity index (χ0) is 14.8. The molecule has 0 aliphatic carbocycles. The van der Waals surface area contributed by atoms with Crippen molar-refractivity contribution < 1.29 is 8.91 Å². The molecule has 0 saturated carbocycles. The van der Waals surface area contributed by atoms with E-state index >= 15 is 0 Å². The minimum atomic E-state index is -0.338. The molecule has 4 nitrogen and oxygen atoms in total. The number of nitrogens with zero attached hydrogens (tertiary/aromatic N) is 2. The Bertz CT molecular complexity index is 572. The van der Waals surface area contributed by atoms with Crippen molar-refractivity contribution >= 4 is 15.9 Å². The maximum Gasteiger partial charge on any atom is 0.228 e. The lowest BCUT2D eigenvalue weighted by Gasteiger charge is -2.19.